The Kier molecular flexibility index (Phi) is 3.48. The van der Waals surface area contributed by atoms with Gasteiger partial charge in [0, 0.05) is 28.8 Å². The monoisotopic (exact) mass is 344 g/mol. The predicted octanol–water partition coefficient (Wildman–Crippen LogP) is 2.55. The summed E-state index contributed by atoms with van der Waals surface area (Å²) in [6.45, 7) is 6.16. The molecule has 128 valence electrons. The number of nitriles is 1. The van der Waals surface area contributed by atoms with Crippen LogP contribution in [0.3, 0.4) is 0 Å². The van der Waals surface area contributed by atoms with E-state index in [-0.39, 0.29) is 12.5 Å². The minimum Gasteiger partial charge on any atom is -0.398 e. The Balaban J connectivity index is 1.83. The molecular weight excluding hydrogens is 328 g/mol. The fraction of sp³-hybridized carbons (Fsp3) is 0.158. The van der Waals surface area contributed by atoms with Crippen molar-refractivity contribution in [1.29, 1.82) is 5.26 Å². The third kappa shape index (κ3) is 2.31. The van der Waals surface area contributed by atoms with Crippen molar-refractivity contribution < 1.29 is 4.79 Å². The summed E-state index contributed by atoms with van der Waals surface area (Å²) in [6.07, 6.45) is 1.74. The molecule has 3 N–H and O–H groups in total. The maximum Gasteiger partial charge on any atom is 0.256 e. The molecule has 0 spiro atoms. The number of fused-ring (bicyclic) bond motifs is 2. The van der Waals surface area contributed by atoms with Crippen molar-refractivity contribution in [2.75, 3.05) is 12.3 Å². The van der Waals surface area contributed by atoms with Gasteiger partial charge in [-0.05, 0) is 24.6 Å². The number of benzene rings is 1. The van der Waals surface area contributed by atoms with Gasteiger partial charge in [0.05, 0.1) is 41.3 Å². The Labute approximate surface area is 149 Å². The number of carbonyl (C=O) groups excluding carboxylic acids is 1. The smallest absolute Gasteiger partial charge is 0.256 e. The zero-order valence-corrected chi connectivity index (χ0v) is 14.2. The van der Waals surface area contributed by atoms with Crippen LogP contribution in [0, 0.1) is 18.3 Å². The molecule has 1 aromatic carbocycles. The maximum atomic E-state index is 12.7. The van der Waals surface area contributed by atoms with Gasteiger partial charge in [0.1, 0.15) is 0 Å². The number of nitrogens with zero attached hydrogens (tertiary/aromatic N) is 4. The quantitative estimate of drug-likeness (QED) is 0.560. The highest BCUT2D eigenvalue weighted by Gasteiger charge is 2.32. The van der Waals surface area contributed by atoms with Crippen molar-refractivity contribution in [1.82, 2.24) is 20.1 Å². The van der Waals surface area contributed by atoms with Gasteiger partial charge in [0.25, 0.3) is 5.91 Å². The molecule has 7 nitrogen and oxygen atoms in total. The van der Waals surface area contributed by atoms with E-state index < -0.39 is 0 Å². The molecule has 0 radical (unpaired) electrons. The largest absolute Gasteiger partial charge is 0.398 e. The minimum atomic E-state index is -0.184. The molecule has 3 aromatic rings. The van der Waals surface area contributed by atoms with E-state index in [1.807, 2.05) is 25.1 Å². The highest BCUT2D eigenvalue weighted by molar-refractivity contribution is 6.05. The van der Waals surface area contributed by atoms with Crippen molar-refractivity contribution in [2.45, 2.75) is 13.5 Å². The molecule has 1 aliphatic heterocycles. The van der Waals surface area contributed by atoms with Gasteiger partial charge in [-0.15, -0.1) is 0 Å². The van der Waals surface area contributed by atoms with E-state index in [1.165, 1.54) is 0 Å². The van der Waals surface area contributed by atoms with E-state index in [2.05, 4.69) is 21.8 Å². The first-order valence-corrected chi connectivity index (χ1v) is 8.09. The Hall–Kier alpha value is -3.66. The Morgan fingerprint density at radius 3 is 3.08 bits per heavy atom. The number of carbonyl (C=O) groups is 1. The molecular formula is C19H16N6O. The second-order valence-corrected chi connectivity index (χ2v) is 6.36. The number of hydrogen-bond donors (Lipinski definition) is 2. The normalized spacial score (nSPS) is 13.1. The molecule has 0 bridgehead atoms. The number of aromatic amines is 1. The lowest BCUT2D eigenvalue weighted by molar-refractivity contribution is 0.0794. The number of amides is 1. The molecule has 7 heteroatoms. The van der Waals surface area contributed by atoms with Gasteiger partial charge in [-0.3, -0.25) is 14.9 Å². The molecule has 0 unspecified atom stereocenters. The van der Waals surface area contributed by atoms with Gasteiger partial charge >= 0.3 is 0 Å². The lowest BCUT2D eigenvalue weighted by Crippen LogP contribution is -2.26. The van der Waals surface area contributed by atoms with Gasteiger partial charge in [-0.25, -0.2) is 0 Å². The van der Waals surface area contributed by atoms with Crippen LogP contribution in [-0.4, -0.2) is 32.5 Å². The average molecular weight is 344 g/mol. The lowest BCUT2D eigenvalue weighted by Gasteiger charge is -2.14. The minimum absolute atomic E-state index is 0.184. The van der Waals surface area contributed by atoms with Crippen molar-refractivity contribution in [3.05, 3.63) is 53.4 Å². The molecule has 4 rings (SSSR count). The Bertz CT molecular complexity index is 1120. The number of nitrogens with two attached hydrogens (primary N) is 1. The summed E-state index contributed by atoms with van der Waals surface area (Å²) in [7, 11) is 0. The summed E-state index contributed by atoms with van der Waals surface area (Å²) in [5, 5.41) is 17.1. The third-order valence-electron chi connectivity index (χ3n) is 4.65. The van der Waals surface area contributed by atoms with Crippen molar-refractivity contribution in [3.8, 4) is 17.3 Å². The molecule has 1 amide bonds. The van der Waals surface area contributed by atoms with E-state index in [0.717, 1.165) is 33.4 Å². The van der Waals surface area contributed by atoms with E-state index in [9.17, 15) is 4.79 Å². The van der Waals surface area contributed by atoms with Crippen LogP contribution in [-0.2, 0) is 6.54 Å². The predicted molar refractivity (Wildman–Crippen MR) is 98.0 cm³/mol. The number of aromatic nitrogens is 3. The highest BCUT2D eigenvalue weighted by Crippen LogP contribution is 2.36. The van der Waals surface area contributed by atoms with Gasteiger partial charge in [0.15, 0.2) is 0 Å². The molecule has 0 aliphatic carbocycles. The molecule has 1 aliphatic rings. The number of H-pyrrole nitrogens is 1. The zero-order chi connectivity index (χ0) is 18.4. The van der Waals surface area contributed by atoms with Crippen LogP contribution >= 0.6 is 0 Å². The van der Waals surface area contributed by atoms with E-state index in [1.54, 1.807) is 17.2 Å². The Morgan fingerprint density at radius 1 is 1.50 bits per heavy atom. The molecule has 2 aromatic heterocycles. The zero-order valence-electron chi connectivity index (χ0n) is 14.2. The highest BCUT2D eigenvalue weighted by atomic mass is 16.2. The number of anilines is 1. The molecule has 26 heavy (non-hydrogen) atoms. The number of nitrogens with one attached hydrogen (secondary N) is 1. The summed E-state index contributed by atoms with van der Waals surface area (Å²) in [5.41, 5.74) is 11.5. The van der Waals surface area contributed by atoms with Crippen LogP contribution in [0.25, 0.3) is 22.2 Å². The van der Waals surface area contributed by atoms with Crippen molar-refractivity contribution in [3.63, 3.8) is 0 Å². The first-order valence-electron chi connectivity index (χ1n) is 8.09. The van der Waals surface area contributed by atoms with Crippen LogP contribution in [0.2, 0.25) is 0 Å². The van der Waals surface area contributed by atoms with Crippen LogP contribution in [0.4, 0.5) is 5.69 Å². The topological polar surface area (TPSA) is 112 Å². The summed E-state index contributed by atoms with van der Waals surface area (Å²) < 4.78 is 0. The van der Waals surface area contributed by atoms with Gasteiger partial charge in [0.2, 0.25) is 0 Å². The molecule has 3 heterocycles. The molecule has 0 atom stereocenters. The molecule has 0 fully saturated rings. The summed E-state index contributed by atoms with van der Waals surface area (Å²) in [4.78, 5) is 18.8. The van der Waals surface area contributed by atoms with Gasteiger partial charge in [-0.2, -0.15) is 10.4 Å². The first kappa shape index (κ1) is 15.8. The SMILES string of the molecule is C=C(C#N)CN1Cc2c(-c3cc4c(C)n[nH]c4cn3)ccc(N)c2C1=O. The van der Waals surface area contributed by atoms with Crippen molar-refractivity contribution >= 4 is 22.5 Å². The summed E-state index contributed by atoms with van der Waals surface area (Å²) in [5.74, 6) is -0.184. The van der Waals surface area contributed by atoms with Crippen LogP contribution < -0.4 is 5.73 Å². The summed E-state index contributed by atoms with van der Waals surface area (Å²) >= 11 is 0. The standard InChI is InChI=1S/C19H16N6O/c1-10(6-20)8-25-9-14-12(3-4-15(21)18(14)19(25)26)16-5-13-11(2)23-24-17(13)7-22-16/h3-5,7H,1,8-9,21H2,2H3,(H,23,24). The number of rotatable bonds is 3. The number of hydrogen-bond acceptors (Lipinski definition) is 5. The van der Waals surface area contributed by atoms with Crippen LogP contribution in [0.1, 0.15) is 21.6 Å². The van der Waals surface area contributed by atoms with Gasteiger partial charge in [-0.1, -0.05) is 12.6 Å². The maximum absolute atomic E-state index is 12.7. The second kappa shape index (κ2) is 5.70. The third-order valence-corrected chi connectivity index (χ3v) is 4.65. The molecule has 0 saturated heterocycles. The van der Waals surface area contributed by atoms with E-state index in [0.29, 0.717) is 23.4 Å². The fourth-order valence-electron chi connectivity index (χ4n) is 3.33. The Morgan fingerprint density at radius 2 is 2.31 bits per heavy atom. The van der Waals surface area contributed by atoms with E-state index >= 15 is 0 Å². The lowest BCUT2D eigenvalue weighted by atomic mass is 9.98. The number of pyridine rings is 1. The summed E-state index contributed by atoms with van der Waals surface area (Å²) in [6, 6.07) is 7.55. The van der Waals surface area contributed by atoms with Crippen molar-refractivity contribution in [2.24, 2.45) is 0 Å². The van der Waals surface area contributed by atoms with Crippen LogP contribution in [0.15, 0.2) is 36.5 Å². The fourth-order valence-corrected chi connectivity index (χ4v) is 3.33. The van der Waals surface area contributed by atoms with Gasteiger partial charge < -0.3 is 10.6 Å². The first-order chi connectivity index (χ1) is 12.5. The number of nitrogen functional groups attached to an aromatic ring is 1. The molecule has 0 saturated carbocycles. The van der Waals surface area contributed by atoms with Crippen LogP contribution in [0.5, 0.6) is 0 Å². The second-order valence-electron chi connectivity index (χ2n) is 6.36. The number of aryl methyl sites for hydroxylation is 1. The van der Waals surface area contributed by atoms with E-state index in [4.69, 9.17) is 11.0 Å². The average Bonchev–Trinajstić information content (AvgIpc) is 3.16.